The molecule has 1 saturated heterocycles. The molecule has 0 aliphatic carbocycles. The molecule has 3 unspecified atom stereocenters. The number of ether oxygens (including phenoxy) is 2. The van der Waals surface area contributed by atoms with Gasteiger partial charge >= 0.3 is 0 Å². The first kappa shape index (κ1) is 15.3. The Morgan fingerprint density at radius 2 is 2.25 bits per heavy atom. The van der Waals surface area contributed by atoms with Crippen molar-refractivity contribution in [2.24, 2.45) is 0 Å². The fourth-order valence-corrected chi connectivity index (χ4v) is 2.56. The Kier molecular flexibility index (Phi) is 5.38. The molecule has 4 heteroatoms. The molecule has 3 atom stereocenters. The van der Waals surface area contributed by atoms with Crippen LogP contribution in [0, 0.1) is 5.82 Å². The Hall–Kier alpha value is -1.13. The van der Waals surface area contributed by atoms with Crippen molar-refractivity contribution >= 4 is 0 Å². The summed E-state index contributed by atoms with van der Waals surface area (Å²) in [6.45, 7) is 7.34. The molecular weight excluding hydrogens is 257 g/mol. The van der Waals surface area contributed by atoms with E-state index in [0.29, 0.717) is 24.0 Å². The molecule has 0 amide bonds. The van der Waals surface area contributed by atoms with Gasteiger partial charge in [0.2, 0.25) is 0 Å². The third kappa shape index (κ3) is 3.93. The van der Waals surface area contributed by atoms with Crippen molar-refractivity contribution in [1.29, 1.82) is 0 Å². The highest BCUT2D eigenvalue weighted by atomic mass is 19.1. The molecule has 1 fully saturated rings. The van der Waals surface area contributed by atoms with Crippen molar-refractivity contribution in [1.82, 2.24) is 5.32 Å². The molecule has 1 heterocycles. The maximum absolute atomic E-state index is 14.0. The van der Waals surface area contributed by atoms with E-state index in [1.165, 1.54) is 6.07 Å². The van der Waals surface area contributed by atoms with E-state index in [1.54, 1.807) is 6.07 Å². The minimum atomic E-state index is -0.225. The topological polar surface area (TPSA) is 30.5 Å². The van der Waals surface area contributed by atoms with E-state index >= 15 is 0 Å². The Morgan fingerprint density at radius 3 is 2.85 bits per heavy atom. The van der Waals surface area contributed by atoms with Crippen LogP contribution in [0.3, 0.4) is 0 Å². The van der Waals surface area contributed by atoms with Crippen LogP contribution in [0.1, 0.15) is 45.2 Å². The van der Waals surface area contributed by atoms with Crippen LogP contribution in [0.15, 0.2) is 18.2 Å². The highest BCUT2D eigenvalue weighted by molar-refractivity contribution is 5.30. The summed E-state index contributed by atoms with van der Waals surface area (Å²) in [6.07, 6.45) is 2.53. The molecule has 0 bridgehead atoms. The van der Waals surface area contributed by atoms with Crippen molar-refractivity contribution in [3.05, 3.63) is 29.6 Å². The lowest BCUT2D eigenvalue weighted by molar-refractivity contribution is 0.0264. The lowest BCUT2D eigenvalue weighted by atomic mass is 10.1. The summed E-state index contributed by atoms with van der Waals surface area (Å²) < 4.78 is 25.3. The summed E-state index contributed by atoms with van der Waals surface area (Å²) in [5, 5.41) is 3.20. The summed E-state index contributed by atoms with van der Waals surface area (Å²) in [4.78, 5) is 0. The predicted molar refractivity (Wildman–Crippen MR) is 77.6 cm³/mol. The predicted octanol–water partition coefficient (Wildman–Crippen LogP) is 3.44. The summed E-state index contributed by atoms with van der Waals surface area (Å²) in [5.74, 6) is 0.342. The van der Waals surface area contributed by atoms with Crippen LogP contribution in [0.25, 0.3) is 0 Å². The van der Waals surface area contributed by atoms with E-state index in [0.717, 1.165) is 19.4 Å². The fraction of sp³-hybridized carbons (Fsp3) is 0.625. The lowest BCUT2D eigenvalue weighted by Gasteiger charge is -2.16. The maximum Gasteiger partial charge on any atom is 0.131 e. The van der Waals surface area contributed by atoms with Crippen LogP contribution < -0.4 is 10.1 Å². The van der Waals surface area contributed by atoms with Crippen molar-refractivity contribution in [2.75, 3.05) is 13.2 Å². The summed E-state index contributed by atoms with van der Waals surface area (Å²) in [7, 11) is 0. The SMILES string of the molecule is CCNC(C)c1ccc(OCC2CCC(C)O2)cc1F. The quantitative estimate of drug-likeness (QED) is 0.866. The van der Waals surface area contributed by atoms with E-state index < -0.39 is 0 Å². The average molecular weight is 281 g/mol. The van der Waals surface area contributed by atoms with Gasteiger partial charge in [0, 0.05) is 17.7 Å². The smallest absolute Gasteiger partial charge is 0.131 e. The second kappa shape index (κ2) is 7.04. The third-order valence-corrected chi connectivity index (χ3v) is 3.70. The van der Waals surface area contributed by atoms with Crippen LogP contribution in [-0.2, 0) is 4.74 Å². The van der Waals surface area contributed by atoms with Gasteiger partial charge in [0.05, 0.1) is 12.2 Å². The molecule has 1 N–H and O–H groups in total. The van der Waals surface area contributed by atoms with Gasteiger partial charge in [-0.25, -0.2) is 4.39 Å². The molecule has 112 valence electrons. The highest BCUT2D eigenvalue weighted by Crippen LogP contribution is 2.24. The van der Waals surface area contributed by atoms with Crippen LogP contribution in [0.2, 0.25) is 0 Å². The fourth-order valence-electron chi connectivity index (χ4n) is 2.56. The van der Waals surface area contributed by atoms with E-state index in [2.05, 4.69) is 12.2 Å². The molecule has 0 radical (unpaired) electrons. The van der Waals surface area contributed by atoms with Crippen molar-refractivity contribution in [3.63, 3.8) is 0 Å². The Bertz CT molecular complexity index is 438. The standard InChI is InChI=1S/C16H24FNO2/c1-4-18-12(3)15-8-7-13(9-16(15)17)19-10-14-6-5-11(2)20-14/h7-9,11-12,14,18H,4-6,10H2,1-3H3. The maximum atomic E-state index is 14.0. The van der Waals surface area contributed by atoms with E-state index in [9.17, 15) is 4.39 Å². The molecule has 0 aromatic heterocycles. The largest absolute Gasteiger partial charge is 0.491 e. The number of hydrogen-bond acceptors (Lipinski definition) is 3. The monoisotopic (exact) mass is 281 g/mol. The number of hydrogen-bond donors (Lipinski definition) is 1. The molecule has 20 heavy (non-hydrogen) atoms. The van der Waals surface area contributed by atoms with Crippen LogP contribution in [0.5, 0.6) is 5.75 Å². The van der Waals surface area contributed by atoms with Crippen molar-refractivity contribution in [3.8, 4) is 5.75 Å². The zero-order valence-corrected chi connectivity index (χ0v) is 12.5. The zero-order chi connectivity index (χ0) is 14.5. The van der Waals surface area contributed by atoms with E-state index in [-0.39, 0.29) is 18.0 Å². The Morgan fingerprint density at radius 1 is 1.45 bits per heavy atom. The first-order valence-corrected chi connectivity index (χ1v) is 7.41. The van der Waals surface area contributed by atoms with Crippen LogP contribution in [0.4, 0.5) is 4.39 Å². The van der Waals surface area contributed by atoms with Gasteiger partial charge in [-0.2, -0.15) is 0 Å². The summed E-state index contributed by atoms with van der Waals surface area (Å²) >= 11 is 0. The van der Waals surface area contributed by atoms with E-state index in [1.807, 2.05) is 19.9 Å². The molecule has 0 spiro atoms. The lowest BCUT2D eigenvalue weighted by Crippen LogP contribution is -2.19. The number of halogens is 1. The molecule has 3 nitrogen and oxygen atoms in total. The van der Waals surface area contributed by atoms with Gasteiger partial charge in [-0.15, -0.1) is 0 Å². The molecular formula is C16H24FNO2. The highest BCUT2D eigenvalue weighted by Gasteiger charge is 2.22. The number of rotatable bonds is 6. The normalized spacial score (nSPS) is 23.8. The first-order chi connectivity index (χ1) is 9.60. The third-order valence-electron chi connectivity index (χ3n) is 3.70. The molecule has 2 rings (SSSR count). The van der Waals surface area contributed by atoms with Gasteiger partial charge in [0.1, 0.15) is 18.2 Å². The molecule has 1 aromatic carbocycles. The second-order valence-electron chi connectivity index (χ2n) is 5.42. The van der Waals surface area contributed by atoms with E-state index in [4.69, 9.17) is 9.47 Å². The number of benzene rings is 1. The van der Waals surface area contributed by atoms with Gasteiger partial charge < -0.3 is 14.8 Å². The minimum absolute atomic E-state index is 0.00747. The van der Waals surface area contributed by atoms with Crippen LogP contribution >= 0.6 is 0 Å². The van der Waals surface area contributed by atoms with Crippen molar-refractivity contribution in [2.45, 2.75) is 51.9 Å². The average Bonchev–Trinajstić information content (AvgIpc) is 2.82. The van der Waals surface area contributed by atoms with Crippen LogP contribution in [-0.4, -0.2) is 25.4 Å². The summed E-state index contributed by atoms with van der Waals surface area (Å²) in [5.41, 5.74) is 0.671. The molecule has 1 aliphatic heterocycles. The minimum Gasteiger partial charge on any atom is -0.491 e. The van der Waals surface area contributed by atoms with Gasteiger partial charge in [-0.05, 0) is 39.3 Å². The molecule has 1 aromatic rings. The van der Waals surface area contributed by atoms with Crippen molar-refractivity contribution < 1.29 is 13.9 Å². The van der Waals surface area contributed by atoms with Gasteiger partial charge in [-0.3, -0.25) is 0 Å². The van der Waals surface area contributed by atoms with Gasteiger partial charge in [-0.1, -0.05) is 13.0 Å². The van der Waals surface area contributed by atoms with Gasteiger partial charge in [0.15, 0.2) is 0 Å². The summed E-state index contributed by atoms with van der Waals surface area (Å²) in [6, 6.07) is 5.08. The van der Waals surface area contributed by atoms with Gasteiger partial charge in [0.25, 0.3) is 0 Å². The first-order valence-electron chi connectivity index (χ1n) is 7.41. The zero-order valence-electron chi connectivity index (χ0n) is 12.5. The molecule has 0 saturated carbocycles. The Labute approximate surface area is 120 Å². The number of nitrogens with one attached hydrogen (secondary N) is 1. The second-order valence-corrected chi connectivity index (χ2v) is 5.42. The molecule has 1 aliphatic rings. The Balaban J connectivity index is 1.91.